The number of ether oxygens (including phenoxy) is 3. The van der Waals surface area contributed by atoms with Crippen LogP contribution in [-0.2, 0) is 14.3 Å². The van der Waals surface area contributed by atoms with Crippen LogP contribution in [0.4, 0.5) is 37.6 Å². The number of amides is 5. The second-order valence-corrected chi connectivity index (χ2v) is 17.5. The molecule has 0 aliphatic carbocycles. The zero-order chi connectivity index (χ0) is 45.1. The van der Waals surface area contributed by atoms with Crippen LogP contribution in [0.25, 0.3) is 22.4 Å². The van der Waals surface area contributed by atoms with Crippen LogP contribution < -0.4 is 15.4 Å². The largest absolute Gasteiger partial charge is 0.573 e. The van der Waals surface area contributed by atoms with Crippen molar-refractivity contribution in [2.75, 3.05) is 58.2 Å². The number of urea groups is 1. The summed E-state index contributed by atoms with van der Waals surface area (Å²) in [4.78, 5) is 65.9. The maximum atomic E-state index is 15.5. The fraction of sp³-hybridized carbons (Fsp3) is 0.558. The van der Waals surface area contributed by atoms with Gasteiger partial charge < -0.3 is 44.5 Å². The molecule has 0 radical (unpaired) electrons. The fourth-order valence-corrected chi connectivity index (χ4v) is 8.23. The summed E-state index contributed by atoms with van der Waals surface area (Å²) in [5.41, 5.74) is 0.234. The maximum Gasteiger partial charge on any atom is 0.573 e. The minimum absolute atomic E-state index is 0.0409. The molecular weight excluding hydrogens is 817 g/mol. The van der Waals surface area contributed by atoms with Gasteiger partial charge in [-0.1, -0.05) is 45.0 Å². The van der Waals surface area contributed by atoms with E-state index < -0.39 is 47.9 Å². The standard InChI is InChI=1S/C43H56F4N8O7/c1-25(2)34(50-40(58)60-7)38(56)55-24-26(3)22-32(55)37-49-35(36(44)51-37)28-10-8-27(9-11-28)31-13-12-29(23-33(31)61-43(45,46)47)48-39(57)53-20-18-52(19-21-53)30-14-16-54(17-15-30)41(59)62-42(4,5)6/h8-13,23,25-26,30,32,34H,14-22,24H2,1-7H3,(H,48,57)(H,49,51)(H,50,58)/t26-,32-,34-/m0/s1. The van der Waals surface area contributed by atoms with E-state index in [1.807, 2.05) is 27.7 Å². The van der Waals surface area contributed by atoms with Crippen molar-refractivity contribution >= 4 is 29.8 Å². The molecule has 62 heavy (non-hydrogen) atoms. The summed E-state index contributed by atoms with van der Waals surface area (Å²) in [5.74, 6) is -1.63. The predicted molar refractivity (Wildman–Crippen MR) is 221 cm³/mol. The van der Waals surface area contributed by atoms with E-state index in [0.717, 1.165) is 18.9 Å². The number of methoxy groups -OCH3 is 1. The number of H-pyrrole nitrogens is 1. The summed E-state index contributed by atoms with van der Waals surface area (Å²) in [5, 5.41) is 5.30. The van der Waals surface area contributed by atoms with E-state index >= 15 is 4.39 Å². The summed E-state index contributed by atoms with van der Waals surface area (Å²) in [6.45, 7) is 14.6. The zero-order valence-corrected chi connectivity index (χ0v) is 36.1. The third-order valence-corrected chi connectivity index (χ3v) is 11.3. The van der Waals surface area contributed by atoms with Crippen LogP contribution in [0.15, 0.2) is 42.5 Å². The van der Waals surface area contributed by atoms with Gasteiger partial charge in [-0.05, 0) is 69.6 Å². The molecule has 3 fully saturated rings. The summed E-state index contributed by atoms with van der Waals surface area (Å²) in [6.07, 6.45) is -4.05. The molecule has 1 aromatic heterocycles. The maximum absolute atomic E-state index is 15.5. The molecular formula is C43H56F4N8O7. The van der Waals surface area contributed by atoms with Gasteiger partial charge in [-0.3, -0.25) is 9.69 Å². The summed E-state index contributed by atoms with van der Waals surface area (Å²) in [6, 6.07) is 8.38. The number of aromatic nitrogens is 2. The predicted octanol–water partition coefficient (Wildman–Crippen LogP) is 7.62. The van der Waals surface area contributed by atoms with Crippen LogP contribution in [0, 0.1) is 17.8 Å². The van der Waals surface area contributed by atoms with Crippen LogP contribution in [0.1, 0.15) is 72.7 Å². The number of alkyl carbamates (subject to hydrolysis) is 1. The van der Waals surface area contributed by atoms with Crippen LogP contribution in [0.2, 0.25) is 0 Å². The highest BCUT2D eigenvalue weighted by molar-refractivity contribution is 5.90. The highest BCUT2D eigenvalue weighted by Crippen LogP contribution is 2.39. The lowest BCUT2D eigenvalue weighted by Crippen LogP contribution is -2.55. The van der Waals surface area contributed by atoms with Crippen LogP contribution in [0.3, 0.4) is 0 Å². The number of nitrogens with zero attached hydrogens (tertiary/aromatic N) is 5. The Kier molecular flexibility index (Phi) is 13.9. The van der Waals surface area contributed by atoms with E-state index in [1.54, 1.807) is 28.5 Å². The Morgan fingerprint density at radius 1 is 0.903 bits per heavy atom. The van der Waals surface area contributed by atoms with E-state index in [9.17, 15) is 32.3 Å². The van der Waals surface area contributed by atoms with Gasteiger partial charge in [-0.25, -0.2) is 19.4 Å². The fourth-order valence-electron chi connectivity index (χ4n) is 8.23. The SMILES string of the molecule is COC(=O)N[C@H](C(=O)N1C[C@@H](C)C[C@H]1c1nc(-c2ccc(-c3ccc(NC(=O)N4CCN(C5CCN(C(=O)OC(C)(C)C)CC5)CC4)cc3OC(F)(F)F)cc2)c(F)[nH]1)C(C)C. The molecule has 0 spiro atoms. The number of hydrogen-bond donors (Lipinski definition) is 3. The van der Waals surface area contributed by atoms with E-state index in [1.165, 1.54) is 43.5 Å². The first-order valence-corrected chi connectivity index (χ1v) is 20.9. The summed E-state index contributed by atoms with van der Waals surface area (Å²) >= 11 is 0. The molecule has 3 aliphatic rings. The van der Waals surface area contributed by atoms with Crippen molar-refractivity contribution in [2.45, 2.75) is 90.9 Å². The van der Waals surface area contributed by atoms with Crippen LogP contribution >= 0.6 is 0 Å². The van der Waals surface area contributed by atoms with Gasteiger partial charge in [0.1, 0.15) is 28.9 Å². The molecule has 338 valence electrons. The van der Waals surface area contributed by atoms with Gasteiger partial charge in [-0.2, -0.15) is 4.39 Å². The third-order valence-electron chi connectivity index (χ3n) is 11.3. The quantitative estimate of drug-likeness (QED) is 0.184. The topological polar surface area (TPSA) is 162 Å². The second-order valence-electron chi connectivity index (χ2n) is 17.5. The van der Waals surface area contributed by atoms with Crippen LogP contribution in [0.5, 0.6) is 5.75 Å². The van der Waals surface area contributed by atoms with Crippen molar-refractivity contribution < 1.29 is 51.0 Å². The van der Waals surface area contributed by atoms with Crippen molar-refractivity contribution in [3.8, 4) is 28.1 Å². The molecule has 2 aromatic carbocycles. The van der Waals surface area contributed by atoms with Crippen molar-refractivity contribution in [3.63, 3.8) is 0 Å². The van der Waals surface area contributed by atoms with Gasteiger partial charge in [0.05, 0.1) is 13.2 Å². The number of likely N-dealkylation sites (tertiary alicyclic amines) is 2. The first kappa shape index (κ1) is 45.9. The normalized spacial score (nSPS) is 19.6. The zero-order valence-electron chi connectivity index (χ0n) is 36.1. The molecule has 4 heterocycles. The summed E-state index contributed by atoms with van der Waals surface area (Å²) < 4.78 is 71.3. The lowest BCUT2D eigenvalue weighted by molar-refractivity contribution is -0.274. The number of alkyl halides is 3. The molecule has 3 aromatic rings. The van der Waals surface area contributed by atoms with E-state index in [-0.39, 0.29) is 52.6 Å². The molecule has 15 nitrogen and oxygen atoms in total. The van der Waals surface area contributed by atoms with E-state index in [4.69, 9.17) is 9.47 Å². The third kappa shape index (κ3) is 11.3. The molecule has 3 saturated heterocycles. The number of halogens is 4. The molecule has 3 atom stereocenters. The number of aromatic amines is 1. The molecule has 19 heteroatoms. The van der Waals surface area contributed by atoms with E-state index in [0.29, 0.717) is 63.4 Å². The molecule has 3 N–H and O–H groups in total. The molecule has 3 aliphatic heterocycles. The number of rotatable bonds is 9. The Hall–Kier alpha value is -5.59. The van der Waals surface area contributed by atoms with Gasteiger partial charge >= 0.3 is 24.6 Å². The smallest absolute Gasteiger partial charge is 0.453 e. The molecule has 0 saturated carbocycles. The van der Waals surface area contributed by atoms with Crippen molar-refractivity contribution in [2.24, 2.45) is 11.8 Å². The molecule has 0 bridgehead atoms. The highest BCUT2D eigenvalue weighted by atomic mass is 19.4. The Morgan fingerprint density at radius 2 is 1.55 bits per heavy atom. The van der Waals surface area contributed by atoms with Gasteiger partial charge in [0.2, 0.25) is 11.9 Å². The lowest BCUT2D eigenvalue weighted by atomic mass is 10.0. The Bertz CT molecular complexity index is 2070. The van der Waals surface area contributed by atoms with Gasteiger partial charge in [0.25, 0.3) is 0 Å². The minimum Gasteiger partial charge on any atom is -0.453 e. The number of hydrogen-bond acceptors (Lipinski definition) is 9. The molecule has 6 rings (SSSR count). The van der Waals surface area contributed by atoms with Gasteiger partial charge in [-0.15, -0.1) is 13.2 Å². The van der Waals surface area contributed by atoms with E-state index in [2.05, 4.69) is 30.2 Å². The minimum atomic E-state index is -5.04. The number of nitrogens with one attached hydrogen (secondary N) is 3. The Morgan fingerprint density at radius 3 is 2.15 bits per heavy atom. The van der Waals surface area contributed by atoms with Gasteiger partial charge in [0, 0.05) is 74.7 Å². The monoisotopic (exact) mass is 872 g/mol. The first-order valence-electron chi connectivity index (χ1n) is 20.9. The summed E-state index contributed by atoms with van der Waals surface area (Å²) in [7, 11) is 1.21. The number of benzene rings is 2. The number of imidazole rings is 1. The molecule has 5 amide bonds. The van der Waals surface area contributed by atoms with Crippen molar-refractivity contribution in [1.29, 1.82) is 0 Å². The number of piperidine rings is 1. The second kappa shape index (κ2) is 18.8. The van der Waals surface area contributed by atoms with Gasteiger partial charge in [0.15, 0.2) is 0 Å². The van der Waals surface area contributed by atoms with Crippen molar-refractivity contribution in [3.05, 3.63) is 54.2 Å². The number of anilines is 1. The highest BCUT2D eigenvalue weighted by Gasteiger charge is 2.41. The Labute approximate surface area is 358 Å². The molecule has 0 unspecified atom stereocenters. The first-order chi connectivity index (χ1) is 29.2. The lowest BCUT2D eigenvalue weighted by Gasteiger charge is -2.42. The Balaban J connectivity index is 1.10. The number of piperazine rings is 1. The average molecular weight is 873 g/mol. The number of carbonyl (C=O) groups is 4. The van der Waals surface area contributed by atoms with Crippen LogP contribution in [-0.4, -0.2) is 131 Å². The van der Waals surface area contributed by atoms with Crippen molar-refractivity contribution in [1.82, 2.24) is 34.9 Å². The number of carbonyl (C=O) groups excluding carboxylic acids is 4. The average Bonchev–Trinajstić information content (AvgIpc) is 3.80.